The average molecular weight is 210 g/mol. The number of hydrogen-bond donors (Lipinski definition) is 3. The van der Waals surface area contributed by atoms with E-state index < -0.39 is 0 Å². The molecule has 15 heavy (non-hydrogen) atoms. The molecule has 0 aromatic carbocycles. The lowest BCUT2D eigenvalue weighted by molar-refractivity contribution is 0.713. The van der Waals surface area contributed by atoms with Crippen molar-refractivity contribution in [2.24, 2.45) is 5.84 Å². The molecule has 10 nitrogen and oxygen atoms in total. The van der Waals surface area contributed by atoms with Crippen molar-refractivity contribution >= 4 is 5.95 Å². The van der Waals surface area contributed by atoms with Gasteiger partial charge in [0.2, 0.25) is 0 Å². The fraction of sp³-hybridized carbons (Fsp3) is 0.600. The smallest absolute Gasteiger partial charge is 0.276 e. The number of tetrazole rings is 2. The lowest BCUT2D eigenvalue weighted by atomic mass is 10.3. The molecule has 2 aromatic heterocycles. The van der Waals surface area contributed by atoms with Gasteiger partial charge in [-0.25, -0.2) is 5.84 Å². The summed E-state index contributed by atoms with van der Waals surface area (Å²) in [5.41, 5.74) is 0. The standard InChI is InChI=1S/C5H10N10/c6-15(5-9-13-14-10-5)3-1-2-4-7-11-12-8-4/h1-3,6H2,(H,7,8,11,12)(H,9,10,13,14). The number of aryl methyl sites for hydroxylation is 1. The first-order valence-electron chi connectivity index (χ1n) is 4.34. The summed E-state index contributed by atoms with van der Waals surface area (Å²) < 4.78 is 0. The highest BCUT2D eigenvalue weighted by molar-refractivity contribution is 5.21. The van der Waals surface area contributed by atoms with Gasteiger partial charge in [0.05, 0.1) is 0 Å². The van der Waals surface area contributed by atoms with Crippen molar-refractivity contribution in [1.82, 2.24) is 41.2 Å². The molecule has 0 spiro atoms. The molecule has 0 aliphatic rings. The monoisotopic (exact) mass is 210 g/mol. The number of nitrogens with zero attached hydrogens (tertiary/aromatic N) is 7. The van der Waals surface area contributed by atoms with E-state index in [0.29, 0.717) is 24.7 Å². The molecule has 0 radical (unpaired) electrons. The van der Waals surface area contributed by atoms with Gasteiger partial charge in [-0.2, -0.15) is 10.4 Å². The third-order valence-electron chi connectivity index (χ3n) is 1.78. The largest absolute Gasteiger partial charge is 0.279 e. The molecule has 2 aromatic rings. The van der Waals surface area contributed by atoms with E-state index in [1.165, 1.54) is 5.01 Å². The second-order valence-electron chi connectivity index (χ2n) is 2.84. The number of hydrogen-bond acceptors (Lipinski definition) is 8. The number of nitrogens with one attached hydrogen (secondary N) is 2. The summed E-state index contributed by atoms with van der Waals surface area (Å²) >= 11 is 0. The van der Waals surface area contributed by atoms with Crippen LogP contribution < -0.4 is 10.9 Å². The van der Waals surface area contributed by atoms with Crippen molar-refractivity contribution in [2.75, 3.05) is 11.6 Å². The summed E-state index contributed by atoms with van der Waals surface area (Å²) in [7, 11) is 0. The molecule has 0 amide bonds. The summed E-state index contributed by atoms with van der Waals surface area (Å²) in [6.07, 6.45) is 1.48. The van der Waals surface area contributed by atoms with Crippen LogP contribution in [0, 0.1) is 0 Å². The van der Waals surface area contributed by atoms with E-state index in [9.17, 15) is 0 Å². The third-order valence-corrected chi connectivity index (χ3v) is 1.78. The maximum Gasteiger partial charge on any atom is 0.279 e. The van der Waals surface area contributed by atoms with E-state index in [0.717, 1.165) is 6.42 Å². The first kappa shape index (κ1) is 9.45. The lowest BCUT2D eigenvalue weighted by Crippen LogP contribution is -2.33. The van der Waals surface area contributed by atoms with E-state index >= 15 is 0 Å². The predicted octanol–water partition coefficient (Wildman–Crippen LogP) is -1.97. The fourth-order valence-electron chi connectivity index (χ4n) is 1.07. The van der Waals surface area contributed by atoms with Crippen molar-refractivity contribution in [3.8, 4) is 0 Å². The highest BCUT2D eigenvalue weighted by Crippen LogP contribution is 1.99. The normalized spacial score (nSPS) is 10.5. The molecule has 80 valence electrons. The van der Waals surface area contributed by atoms with Gasteiger partial charge in [0.15, 0.2) is 5.82 Å². The SMILES string of the molecule is NN(CCCc1nn[nH]n1)c1nn[nH]n1. The molecule has 4 N–H and O–H groups in total. The molecule has 0 bridgehead atoms. The van der Waals surface area contributed by atoms with Gasteiger partial charge < -0.3 is 0 Å². The Hall–Kier alpha value is -2.10. The van der Waals surface area contributed by atoms with Crippen LogP contribution in [-0.2, 0) is 6.42 Å². The zero-order valence-corrected chi connectivity index (χ0v) is 7.83. The van der Waals surface area contributed by atoms with Crippen molar-refractivity contribution in [2.45, 2.75) is 12.8 Å². The van der Waals surface area contributed by atoms with Gasteiger partial charge in [-0.3, -0.25) is 5.01 Å². The Morgan fingerprint density at radius 1 is 1.13 bits per heavy atom. The maximum absolute atomic E-state index is 5.66. The van der Waals surface area contributed by atoms with Crippen molar-refractivity contribution in [3.05, 3.63) is 5.82 Å². The van der Waals surface area contributed by atoms with E-state index in [4.69, 9.17) is 5.84 Å². The number of nitrogens with two attached hydrogens (primary N) is 1. The van der Waals surface area contributed by atoms with Gasteiger partial charge in [-0.15, -0.1) is 15.3 Å². The fourth-order valence-corrected chi connectivity index (χ4v) is 1.07. The third kappa shape index (κ3) is 2.43. The van der Waals surface area contributed by atoms with E-state index in [-0.39, 0.29) is 0 Å². The molecular weight excluding hydrogens is 200 g/mol. The zero-order valence-electron chi connectivity index (χ0n) is 7.83. The minimum atomic E-state index is 0.364. The number of hydrazine groups is 1. The van der Waals surface area contributed by atoms with Crippen LogP contribution in [-0.4, -0.2) is 47.8 Å². The molecule has 0 atom stereocenters. The van der Waals surface area contributed by atoms with E-state index in [2.05, 4.69) is 41.2 Å². The van der Waals surface area contributed by atoms with Gasteiger partial charge in [-0.05, 0) is 11.6 Å². The summed E-state index contributed by atoms with van der Waals surface area (Å²) in [5, 5.41) is 28.1. The van der Waals surface area contributed by atoms with Gasteiger partial charge in [0.1, 0.15) is 0 Å². The maximum atomic E-state index is 5.66. The Morgan fingerprint density at radius 3 is 2.60 bits per heavy atom. The average Bonchev–Trinajstić information content (AvgIpc) is 2.90. The summed E-state index contributed by atoms with van der Waals surface area (Å²) in [6, 6.07) is 0. The van der Waals surface area contributed by atoms with E-state index in [1.54, 1.807) is 0 Å². The van der Waals surface area contributed by atoms with Crippen LogP contribution in [0.25, 0.3) is 0 Å². The van der Waals surface area contributed by atoms with Crippen LogP contribution in [0.2, 0.25) is 0 Å². The molecule has 0 aliphatic carbocycles. The number of anilines is 1. The number of aromatic nitrogens is 8. The highest BCUT2D eigenvalue weighted by atomic mass is 15.6. The molecule has 0 saturated carbocycles. The minimum absolute atomic E-state index is 0.364. The van der Waals surface area contributed by atoms with Crippen molar-refractivity contribution < 1.29 is 0 Å². The van der Waals surface area contributed by atoms with Crippen LogP contribution >= 0.6 is 0 Å². The van der Waals surface area contributed by atoms with Gasteiger partial charge in [0, 0.05) is 13.0 Å². The molecule has 10 heteroatoms. The van der Waals surface area contributed by atoms with E-state index in [1.807, 2.05) is 0 Å². The van der Waals surface area contributed by atoms with Crippen molar-refractivity contribution in [3.63, 3.8) is 0 Å². The molecular formula is C5H10N10. The Morgan fingerprint density at radius 2 is 1.93 bits per heavy atom. The lowest BCUT2D eigenvalue weighted by Gasteiger charge is -2.11. The molecule has 0 saturated heterocycles. The van der Waals surface area contributed by atoms with Crippen LogP contribution in [0.15, 0.2) is 0 Å². The van der Waals surface area contributed by atoms with Crippen LogP contribution in [0.5, 0.6) is 0 Å². The molecule has 2 heterocycles. The Balaban J connectivity index is 1.74. The molecule has 2 rings (SSSR count). The first-order chi connectivity index (χ1) is 7.36. The van der Waals surface area contributed by atoms with Crippen molar-refractivity contribution in [1.29, 1.82) is 0 Å². The molecule has 0 aliphatic heterocycles. The zero-order chi connectivity index (χ0) is 10.5. The Kier molecular flexibility index (Phi) is 2.78. The predicted molar refractivity (Wildman–Crippen MR) is 48.2 cm³/mol. The number of aromatic amines is 2. The number of H-pyrrole nitrogens is 2. The highest BCUT2D eigenvalue weighted by Gasteiger charge is 2.06. The summed E-state index contributed by atoms with van der Waals surface area (Å²) in [4.78, 5) is 0. The summed E-state index contributed by atoms with van der Waals surface area (Å²) in [5.74, 6) is 6.69. The second kappa shape index (κ2) is 4.41. The molecule has 0 unspecified atom stereocenters. The van der Waals surface area contributed by atoms with Gasteiger partial charge >= 0.3 is 0 Å². The molecule has 0 fully saturated rings. The quantitative estimate of drug-likeness (QED) is 0.381. The van der Waals surface area contributed by atoms with Crippen LogP contribution in [0.4, 0.5) is 5.95 Å². The topological polar surface area (TPSA) is 138 Å². The van der Waals surface area contributed by atoms with Gasteiger partial charge in [-0.1, -0.05) is 10.3 Å². The minimum Gasteiger partial charge on any atom is -0.276 e. The van der Waals surface area contributed by atoms with Crippen LogP contribution in [0.1, 0.15) is 12.2 Å². The second-order valence-corrected chi connectivity index (χ2v) is 2.84. The van der Waals surface area contributed by atoms with Gasteiger partial charge in [0.25, 0.3) is 5.95 Å². The summed E-state index contributed by atoms with van der Waals surface area (Å²) in [6.45, 7) is 0.591. The Labute approximate surface area is 84.2 Å². The van der Waals surface area contributed by atoms with Crippen LogP contribution in [0.3, 0.4) is 0 Å². The first-order valence-corrected chi connectivity index (χ1v) is 4.34. The Bertz CT molecular complexity index is 364. The number of rotatable bonds is 5.